The summed E-state index contributed by atoms with van der Waals surface area (Å²) in [5.41, 5.74) is -0.475. The minimum atomic E-state index is -1.40. The lowest BCUT2D eigenvalue weighted by atomic mass is 9.87. The molecule has 0 radical (unpaired) electrons. The number of benzene rings is 1. The second kappa shape index (κ2) is 8.83. The molecular formula is C19H27NO4. The standard InChI is InChI=1S/C19H27NO4/c1-3-23-17(21)19(18(22)24-4-2,20-13-9-6-10-14-20)15-16-11-7-5-8-12-16/h5,7-8,11-12H,3-4,6,9-10,13-15H2,1-2H3. The van der Waals surface area contributed by atoms with E-state index in [1.807, 2.05) is 35.2 Å². The van der Waals surface area contributed by atoms with Gasteiger partial charge < -0.3 is 9.47 Å². The average Bonchev–Trinajstić information content (AvgIpc) is 2.61. The number of carbonyl (C=O) groups is 2. The van der Waals surface area contributed by atoms with Gasteiger partial charge in [-0.05, 0) is 45.3 Å². The number of piperidine rings is 1. The molecule has 24 heavy (non-hydrogen) atoms. The first-order chi connectivity index (χ1) is 11.6. The van der Waals surface area contributed by atoms with E-state index in [0.29, 0.717) is 13.1 Å². The molecule has 0 amide bonds. The van der Waals surface area contributed by atoms with Crippen LogP contribution in [0.25, 0.3) is 0 Å². The molecule has 1 aromatic rings. The number of ether oxygens (including phenoxy) is 2. The van der Waals surface area contributed by atoms with Crippen molar-refractivity contribution in [3.63, 3.8) is 0 Å². The third-order valence-electron chi connectivity index (χ3n) is 4.42. The van der Waals surface area contributed by atoms with Crippen LogP contribution in [0, 0.1) is 0 Å². The van der Waals surface area contributed by atoms with E-state index in [4.69, 9.17) is 9.47 Å². The molecule has 0 unspecified atom stereocenters. The molecule has 0 atom stereocenters. The van der Waals surface area contributed by atoms with Crippen molar-refractivity contribution in [2.45, 2.75) is 45.1 Å². The fourth-order valence-corrected chi connectivity index (χ4v) is 3.27. The summed E-state index contributed by atoms with van der Waals surface area (Å²) in [7, 11) is 0. The number of nitrogens with zero attached hydrogens (tertiary/aromatic N) is 1. The fraction of sp³-hybridized carbons (Fsp3) is 0.579. The Morgan fingerprint density at radius 1 is 0.958 bits per heavy atom. The normalized spacial score (nSPS) is 15.8. The summed E-state index contributed by atoms with van der Waals surface area (Å²) in [6, 6.07) is 9.59. The highest BCUT2D eigenvalue weighted by Crippen LogP contribution is 2.29. The van der Waals surface area contributed by atoms with Gasteiger partial charge in [0, 0.05) is 6.42 Å². The Bertz CT molecular complexity index is 520. The molecule has 132 valence electrons. The van der Waals surface area contributed by atoms with Gasteiger partial charge in [0.2, 0.25) is 5.54 Å². The third kappa shape index (κ3) is 3.96. The van der Waals surface area contributed by atoms with Gasteiger partial charge in [0.25, 0.3) is 0 Å². The second-order valence-electron chi connectivity index (χ2n) is 6.01. The highest BCUT2D eigenvalue weighted by molar-refractivity contribution is 6.05. The summed E-state index contributed by atoms with van der Waals surface area (Å²) >= 11 is 0. The van der Waals surface area contributed by atoms with Gasteiger partial charge >= 0.3 is 11.9 Å². The van der Waals surface area contributed by atoms with E-state index in [1.165, 1.54) is 0 Å². The zero-order valence-electron chi connectivity index (χ0n) is 14.6. The van der Waals surface area contributed by atoms with Gasteiger partial charge in [0.05, 0.1) is 13.2 Å². The Balaban J connectivity index is 2.44. The van der Waals surface area contributed by atoms with E-state index in [2.05, 4.69) is 0 Å². The predicted molar refractivity (Wildman–Crippen MR) is 91.6 cm³/mol. The molecule has 0 aliphatic carbocycles. The lowest BCUT2D eigenvalue weighted by Gasteiger charge is -2.41. The monoisotopic (exact) mass is 333 g/mol. The van der Waals surface area contributed by atoms with E-state index in [0.717, 1.165) is 24.8 Å². The number of likely N-dealkylation sites (tertiary alicyclic amines) is 1. The minimum absolute atomic E-state index is 0.239. The molecule has 0 bridgehead atoms. The number of carbonyl (C=O) groups excluding carboxylic acids is 2. The molecule has 1 aromatic carbocycles. The van der Waals surface area contributed by atoms with Crippen LogP contribution in [0.4, 0.5) is 0 Å². The van der Waals surface area contributed by atoms with Gasteiger partial charge in [-0.15, -0.1) is 0 Å². The SMILES string of the molecule is CCOC(=O)C(Cc1ccccc1)(C(=O)OCC)N1CCCCC1. The van der Waals surface area contributed by atoms with Crippen LogP contribution in [-0.4, -0.2) is 48.7 Å². The van der Waals surface area contributed by atoms with Gasteiger partial charge in [-0.3, -0.25) is 4.90 Å². The molecule has 0 N–H and O–H groups in total. The molecule has 1 aliphatic rings. The second-order valence-corrected chi connectivity index (χ2v) is 6.01. The van der Waals surface area contributed by atoms with Crippen molar-refractivity contribution >= 4 is 11.9 Å². The topological polar surface area (TPSA) is 55.8 Å². The smallest absolute Gasteiger partial charge is 0.338 e. The maximum atomic E-state index is 12.9. The summed E-state index contributed by atoms with van der Waals surface area (Å²) in [5, 5.41) is 0. The molecule has 1 heterocycles. The lowest BCUT2D eigenvalue weighted by molar-refractivity contribution is -0.176. The van der Waals surface area contributed by atoms with Crippen molar-refractivity contribution in [3.05, 3.63) is 35.9 Å². The molecular weight excluding hydrogens is 306 g/mol. The maximum absolute atomic E-state index is 12.9. The Hall–Kier alpha value is -1.88. The van der Waals surface area contributed by atoms with Crippen LogP contribution < -0.4 is 0 Å². The molecule has 5 heteroatoms. The largest absolute Gasteiger partial charge is 0.464 e. The number of hydrogen-bond donors (Lipinski definition) is 0. The molecule has 5 nitrogen and oxygen atoms in total. The van der Waals surface area contributed by atoms with Crippen molar-refractivity contribution in [1.82, 2.24) is 4.90 Å². The van der Waals surface area contributed by atoms with Crippen LogP contribution in [0.15, 0.2) is 30.3 Å². The van der Waals surface area contributed by atoms with Crippen LogP contribution in [0.2, 0.25) is 0 Å². The zero-order valence-corrected chi connectivity index (χ0v) is 14.6. The van der Waals surface area contributed by atoms with Gasteiger partial charge in [-0.2, -0.15) is 0 Å². The van der Waals surface area contributed by atoms with E-state index < -0.39 is 17.5 Å². The summed E-state index contributed by atoms with van der Waals surface area (Å²) in [4.78, 5) is 27.8. The van der Waals surface area contributed by atoms with E-state index in [1.54, 1.807) is 13.8 Å². The van der Waals surface area contributed by atoms with Gasteiger partial charge in [0.1, 0.15) is 0 Å². The number of hydrogen-bond acceptors (Lipinski definition) is 5. The van der Waals surface area contributed by atoms with E-state index >= 15 is 0 Å². The van der Waals surface area contributed by atoms with Crippen LogP contribution >= 0.6 is 0 Å². The Labute approximate surface area is 143 Å². The minimum Gasteiger partial charge on any atom is -0.464 e. The first kappa shape index (κ1) is 18.5. The van der Waals surface area contributed by atoms with Gasteiger partial charge in [-0.1, -0.05) is 36.8 Å². The third-order valence-corrected chi connectivity index (χ3v) is 4.42. The van der Waals surface area contributed by atoms with Crippen molar-refractivity contribution < 1.29 is 19.1 Å². The highest BCUT2D eigenvalue weighted by atomic mass is 16.6. The molecule has 0 aromatic heterocycles. The molecule has 0 saturated carbocycles. The first-order valence-corrected chi connectivity index (χ1v) is 8.78. The van der Waals surface area contributed by atoms with Crippen LogP contribution in [-0.2, 0) is 25.5 Å². The number of esters is 2. The van der Waals surface area contributed by atoms with Crippen LogP contribution in [0.1, 0.15) is 38.7 Å². The maximum Gasteiger partial charge on any atom is 0.338 e. The van der Waals surface area contributed by atoms with E-state index in [-0.39, 0.29) is 19.6 Å². The Morgan fingerprint density at radius 3 is 2.00 bits per heavy atom. The molecule has 1 fully saturated rings. The summed E-state index contributed by atoms with van der Waals surface area (Å²) in [5.74, 6) is -1.01. The summed E-state index contributed by atoms with van der Waals surface area (Å²) in [6.07, 6.45) is 3.32. The van der Waals surface area contributed by atoms with Crippen molar-refractivity contribution in [2.24, 2.45) is 0 Å². The van der Waals surface area contributed by atoms with E-state index in [9.17, 15) is 9.59 Å². The molecule has 2 rings (SSSR count). The number of rotatable bonds is 7. The van der Waals surface area contributed by atoms with Crippen molar-refractivity contribution in [1.29, 1.82) is 0 Å². The first-order valence-electron chi connectivity index (χ1n) is 8.78. The van der Waals surface area contributed by atoms with Gasteiger partial charge in [0.15, 0.2) is 0 Å². The quantitative estimate of drug-likeness (QED) is 0.567. The average molecular weight is 333 g/mol. The Morgan fingerprint density at radius 2 is 1.50 bits per heavy atom. The zero-order chi connectivity index (χ0) is 17.4. The lowest BCUT2D eigenvalue weighted by Crippen LogP contribution is -2.64. The molecule has 1 saturated heterocycles. The van der Waals surface area contributed by atoms with Crippen LogP contribution in [0.5, 0.6) is 0 Å². The van der Waals surface area contributed by atoms with Gasteiger partial charge in [-0.25, -0.2) is 9.59 Å². The molecule has 1 aliphatic heterocycles. The fourth-order valence-electron chi connectivity index (χ4n) is 3.27. The van der Waals surface area contributed by atoms with Crippen LogP contribution in [0.3, 0.4) is 0 Å². The van der Waals surface area contributed by atoms with Crippen molar-refractivity contribution in [2.75, 3.05) is 26.3 Å². The molecule has 0 spiro atoms. The Kier molecular flexibility index (Phi) is 6.79. The summed E-state index contributed by atoms with van der Waals surface area (Å²) < 4.78 is 10.6. The van der Waals surface area contributed by atoms with Crippen molar-refractivity contribution in [3.8, 4) is 0 Å². The highest BCUT2D eigenvalue weighted by Gasteiger charge is 2.53. The summed E-state index contributed by atoms with van der Waals surface area (Å²) in [6.45, 7) is 5.39. The predicted octanol–water partition coefficient (Wildman–Crippen LogP) is 2.58.